The first-order valence-corrected chi connectivity index (χ1v) is 5.60. The molecule has 0 saturated carbocycles. The Bertz CT molecular complexity index is 576. The first kappa shape index (κ1) is 10.9. The van der Waals surface area contributed by atoms with Crippen molar-refractivity contribution in [1.82, 2.24) is 15.0 Å². The Morgan fingerprint density at radius 2 is 2.19 bits per heavy atom. The van der Waals surface area contributed by atoms with E-state index in [0.717, 1.165) is 10.7 Å². The maximum Gasteiger partial charge on any atom is 0.287 e. The number of halogens is 1. The van der Waals surface area contributed by atoms with Gasteiger partial charge in [0.1, 0.15) is 5.82 Å². The summed E-state index contributed by atoms with van der Waals surface area (Å²) in [5, 5.41) is 2.85. The van der Waals surface area contributed by atoms with Gasteiger partial charge in [-0.15, -0.1) is 11.3 Å². The van der Waals surface area contributed by atoms with Crippen LogP contribution in [0.25, 0.3) is 0 Å². The molecule has 2 rings (SSSR count). The molecule has 0 aliphatic rings. The number of H-pyrrole nitrogens is 1. The number of hydrogen-bond acceptors (Lipinski definition) is 4. The van der Waals surface area contributed by atoms with Gasteiger partial charge in [-0.2, -0.15) is 4.39 Å². The van der Waals surface area contributed by atoms with Crippen LogP contribution < -0.4 is 5.56 Å². The van der Waals surface area contributed by atoms with Crippen LogP contribution in [0.2, 0.25) is 0 Å². The van der Waals surface area contributed by atoms with E-state index in [1.807, 2.05) is 12.3 Å². The number of hydrogen-bond donors (Lipinski definition) is 1. The first-order valence-electron chi connectivity index (χ1n) is 4.72. The molecule has 16 heavy (non-hydrogen) atoms. The van der Waals surface area contributed by atoms with Crippen LogP contribution >= 0.6 is 11.3 Å². The minimum atomic E-state index is -0.821. The molecule has 0 amide bonds. The van der Waals surface area contributed by atoms with Gasteiger partial charge in [-0.3, -0.25) is 4.79 Å². The van der Waals surface area contributed by atoms with E-state index in [9.17, 15) is 9.18 Å². The molecule has 4 nitrogen and oxygen atoms in total. The van der Waals surface area contributed by atoms with Gasteiger partial charge in [-0.25, -0.2) is 9.97 Å². The summed E-state index contributed by atoms with van der Waals surface area (Å²) in [5.74, 6) is -0.382. The predicted octanol–water partition coefficient (Wildman–Crippen LogP) is 1.57. The van der Waals surface area contributed by atoms with Crippen LogP contribution in [-0.2, 0) is 6.42 Å². The molecule has 0 radical (unpaired) electrons. The van der Waals surface area contributed by atoms with E-state index in [0.29, 0.717) is 12.2 Å². The monoisotopic (exact) mass is 239 g/mol. The van der Waals surface area contributed by atoms with Crippen LogP contribution in [0.4, 0.5) is 4.39 Å². The van der Waals surface area contributed by atoms with Crippen LogP contribution in [0.5, 0.6) is 0 Å². The Hall–Kier alpha value is -1.56. The second-order valence-corrected chi connectivity index (χ2v) is 4.51. The SMILES string of the molecule is Cc1nc(Cc2nc(C)c(F)c(=O)[nH]2)cs1. The number of aryl methyl sites for hydroxylation is 2. The zero-order chi connectivity index (χ0) is 11.7. The third-order valence-corrected chi connectivity index (χ3v) is 2.91. The Labute approximate surface area is 95.2 Å². The molecule has 0 fully saturated rings. The van der Waals surface area contributed by atoms with Crippen molar-refractivity contribution in [3.63, 3.8) is 0 Å². The molecular formula is C10H10FN3OS. The molecule has 2 heterocycles. The van der Waals surface area contributed by atoms with Crippen molar-refractivity contribution in [2.45, 2.75) is 20.3 Å². The fraction of sp³-hybridized carbons (Fsp3) is 0.300. The van der Waals surface area contributed by atoms with Gasteiger partial charge in [0.15, 0.2) is 0 Å². The summed E-state index contributed by atoms with van der Waals surface area (Å²) in [4.78, 5) is 21.8. The van der Waals surface area contributed by atoms with E-state index in [4.69, 9.17) is 0 Å². The molecule has 2 aromatic heterocycles. The summed E-state index contributed by atoms with van der Waals surface area (Å²) >= 11 is 1.53. The topological polar surface area (TPSA) is 58.6 Å². The lowest BCUT2D eigenvalue weighted by Gasteiger charge is -2.00. The van der Waals surface area contributed by atoms with E-state index >= 15 is 0 Å². The summed E-state index contributed by atoms with van der Waals surface area (Å²) in [6.45, 7) is 3.38. The van der Waals surface area contributed by atoms with Crippen LogP contribution in [-0.4, -0.2) is 15.0 Å². The Morgan fingerprint density at radius 3 is 2.75 bits per heavy atom. The number of thiazole rings is 1. The average molecular weight is 239 g/mol. The fourth-order valence-corrected chi connectivity index (χ4v) is 1.99. The van der Waals surface area contributed by atoms with Crippen molar-refractivity contribution in [3.05, 3.63) is 43.8 Å². The minimum Gasteiger partial charge on any atom is -0.308 e. The molecule has 0 aliphatic carbocycles. The molecule has 0 aromatic carbocycles. The van der Waals surface area contributed by atoms with Gasteiger partial charge in [-0.1, -0.05) is 0 Å². The zero-order valence-corrected chi connectivity index (χ0v) is 9.69. The second-order valence-electron chi connectivity index (χ2n) is 3.45. The smallest absolute Gasteiger partial charge is 0.287 e. The molecule has 84 valence electrons. The van der Waals surface area contributed by atoms with E-state index in [2.05, 4.69) is 15.0 Å². The molecule has 0 unspecified atom stereocenters. The van der Waals surface area contributed by atoms with E-state index in [1.54, 1.807) is 0 Å². The van der Waals surface area contributed by atoms with Crippen molar-refractivity contribution in [3.8, 4) is 0 Å². The van der Waals surface area contributed by atoms with Gasteiger partial charge in [0.25, 0.3) is 5.56 Å². The highest BCUT2D eigenvalue weighted by atomic mass is 32.1. The lowest BCUT2D eigenvalue weighted by molar-refractivity contribution is 0.583. The number of aromatic amines is 1. The fourth-order valence-electron chi connectivity index (χ4n) is 1.37. The van der Waals surface area contributed by atoms with Gasteiger partial charge in [0, 0.05) is 11.8 Å². The summed E-state index contributed by atoms with van der Waals surface area (Å²) in [7, 11) is 0. The summed E-state index contributed by atoms with van der Waals surface area (Å²) in [5.41, 5.74) is 0.219. The van der Waals surface area contributed by atoms with Crippen LogP contribution in [0.15, 0.2) is 10.2 Å². The molecule has 0 saturated heterocycles. The van der Waals surface area contributed by atoms with E-state index < -0.39 is 11.4 Å². The Kier molecular flexibility index (Phi) is 2.82. The largest absolute Gasteiger partial charge is 0.308 e. The van der Waals surface area contributed by atoms with Crippen LogP contribution in [0, 0.1) is 19.7 Å². The van der Waals surface area contributed by atoms with E-state index in [1.165, 1.54) is 18.3 Å². The molecule has 2 aromatic rings. The normalized spacial score (nSPS) is 10.7. The molecular weight excluding hydrogens is 229 g/mol. The summed E-state index contributed by atoms with van der Waals surface area (Å²) in [6.07, 6.45) is 0.417. The third kappa shape index (κ3) is 2.16. The van der Waals surface area contributed by atoms with Crippen LogP contribution in [0.3, 0.4) is 0 Å². The number of nitrogens with one attached hydrogen (secondary N) is 1. The van der Waals surface area contributed by atoms with Gasteiger partial charge in [0.2, 0.25) is 5.82 Å². The highest BCUT2D eigenvalue weighted by Gasteiger charge is 2.08. The van der Waals surface area contributed by atoms with Crippen LogP contribution in [0.1, 0.15) is 22.2 Å². The molecule has 1 N–H and O–H groups in total. The van der Waals surface area contributed by atoms with Gasteiger partial charge in [-0.05, 0) is 13.8 Å². The summed E-state index contributed by atoms with van der Waals surface area (Å²) in [6, 6.07) is 0. The number of rotatable bonds is 2. The molecule has 0 atom stereocenters. The molecule has 0 bridgehead atoms. The van der Waals surface area contributed by atoms with Crippen molar-refractivity contribution < 1.29 is 4.39 Å². The maximum atomic E-state index is 13.0. The van der Waals surface area contributed by atoms with Crippen molar-refractivity contribution in [2.75, 3.05) is 0 Å². The lowest BCUT2D eigenvalue weighted by Crippen LogP contribution is -2.17. The lowest BCUT2D eigenvalue weighted by atomic mass is 10.3. The zero-order valence-electron chi connectivity index (χ0n) is 8.87. The quantitative estimate of drug-likeness (QED) is 0.865. The summed E-state index contributed by atoms with van der Waals surface area (Å²) < 4.78 is 13.0. The van der Waals surface area contributed by atoms with E-state index in [-0.39, 0.29) is 5.69 Å². The highest BCUT2D eigenvalue weighted by Crippen LogP contribution is 2.10. The minimum absolute atomic E-state index is 0.116. The van der Waals surface area contributed by atoms with Crippen molar-refractivity contribution in [1.29, 1.82) is 0 Å². The Balaban J connectivity index is 2.32. The van der Waals surface area contributed by atoms with Gasteiger partial charge < -0.3 is 4.98 Å². The van der Waals surface area contributed by atoms with Gasteiger partial charge >= 0.3 is 0 Å². The Morgan fingerprint density at radius 1 is 1.44 bits per heavy atom. The molecule has 0 aliphatic heterocycles. The second kappa shape index (κ2) is 4.13. The first-order chi connectivity index (χ1) is 7.56. The number of nitrogens with zero attached hydrogens (tertiary/aromatic N) is 2. The van der Waals surface area contributed by atoms with Crippen molar-refractivity contribution >= 4 is 11.3 Å². The van der Waals surface area contributed by atoms with Gasteiger partial charge in [0.05, 0.1) is 16.4 Å². The number of aromatic nitrogens is 3. The highest BCUT2D eigenvalue weighted by molar-refractivity contribution is 7.09. The third-order valence-electron chi connectivity index (χ3n) is 2.09. The molecule has 0 spiro atoms. The average Bonchev–Trinajstić information content (AvgIpc) is 2.60. The predicted molar refractivity (Wildman–Crippen MR) is 59.2 cm³/mol. The standard InChI is InChI=1S/C10H10FN3OS/c1-5-9(11)10(15)14-8(12-5)3-7-4-16-6(2)13-7/h4H,3H2,1-2H3,(H,12,14,15). The maximum absolute atomic E-state index is 13.0. The van der Waals surface area contributed by atoms with Crippen molar-refractivity contribution in [2.24, 2.45) is 0 Å². The molecule has 6 heteroatoms.